The zero-order chi connectivity index (χ0) is 34.4. The number of hydrogen-bond acceptors (Lipinski definition) is 8. The molecular weight excluding hydrogens is 619 g/mol. The van der Waals surface area contributed by atoms with E-state index in [1.165, 1.54) is 7.11 Å². The molecule has 2 heterocycles. The number of hydrogen-bond donors (Lipinski definition) is 3. The van der Waals surface area contributed by atoms with Gasteiger partial charge in [-0.05, 0) is 74.3 Å². The van der Waals surface area contributed by atoms with Gasteiger partial charge in [0.2, 0.25) is 11.8 Å². The van der Waals surface area contributed by atoms with Gasteiger partial charge in [-0.25, -0.2) is 9.59 Å². The summed E-state index contributed by atoms with van der Waals surface area (Å²) in [6.45, 7) is 3.50. The van der Waals surface area contributed by atoms with Crippen molar-refractivity contribution < 1.29 is 37.8 Å². The number of halogens is 1. The zero-order valence-corrected chi connectivity index (χ0v) is 27.7. The van der Waals surface area contributed by atoms with Gasteiger partial charge in [0.05, 0.1) is 13.8 Å². The number of carbonyl (C=O) groups excluding carboxylic acids is 4. The van der Waals surface area contributed by atoms with Crippen LogP contribution in [0.2, 0.25) is 0 Å². The molecule has 0 bridgehead atoms. The van der Waals surface area contributed by atoms with Crippen molar-refractivity contribution >= 4 is 40.5 Å². The van der Waals surface area contributed by atoms with E-state index in [0.717, 1.165) is 18.4 Å². The predicted molar refractivity (Wildman–Crippen MR) is 178 cm³/mol. The van der Waals surface area contributed by atoms with E-state index in [1.54, 1.807) is 43.0 Å². The average molecular weight is 665 g/mol. The molecule has 1 aromatic heterocycles. The third-order valence-electron chi connectivity index (χ3n) is 9.60. The van der Waals surface area contributed by atoms with Crippen molar-refractivity contribution in [3.8, 4) is 0 Å². The molecule has 1 saturated carbocycles. The molecule has 1 aliphatic carbocycles. The van der Waals surface area contributed by atoms with E-state index >= 15 is 0 Å². The number of ether oxygens (including phenoxy) is 3. The Morgan fingerprint density at radius 2 is 1.73 bits per heavy atom. The van der Waals surface area contributed by atoms with Gasteiger partial charge in [0.1, 0.15) is 11.7 Å². The van der Waals surface area contributed by atoms with Crippen LogP contribution in [0.3, 0.4) is 0 Å². The number of amides is 2. The Balaban J connectivity index is 1.31. The highest BCUT2D eigenvalue weighted by Gasteiger charge is 2.45. The molecule has 12 heteroatoms. The van der Waals surface area contributed by atoms with Crippen LogP contribution in [0.1, 0.15) is 74.3 Å². The number of rotatable bonds is 11. The van der Waals surface area contributed by atoms with E-state index in [4.69, 9.17) is 15.2 Å². The molecule has 5 rings (SSSR count). The van der Waals surface area contributed by atoms with E-state index in [0.29, 0.717) is 48.8 Å². The smallest absolute Gasteiger partial charge is 0.438 e. The minimum Gasteiger partial charge on any atom is -0.438 e. The van der Waals surface area contributed by atoms with Crippen LogP contribution in [-0.2, 0) is 23.8 Å². The molecule has 4 N–H and O–H groups in total. The Bertz CT molecular complexity index is 1590. The molecule has 1 aliphatic heterocycles. The monoisotopic (exact) mass is 664 g/mol. The number of methoxy groups -OCH3 is 1. The molecule has 3 aromatic rings. The van der Waals surface area contributed by atoms with Crippen LogP contribution >= 0.6 is 0 Å². The summed E-state index contributed by atoms with van der Waals surface area (Å²) < 4.78 is 27.8. The van der Waals surface area contributed by atoms with Crippen LogP contribution in [0.4, 0.5) is 14.9 Å². The highest BCUT2D eigenvalue weighted by atomic mass is 19.1. The van der Waals surface area contributed by atoms with Gasteiger partial charge < -0.3 is 35.1 Å². The first-order chi connectivity index (χ1) is 23.1. The Morgan fingerprint density at radius 3 is 2.40 bits per heavy atom. The van der Waals surface area contributed by atoms with Crippen LogP contribution in [-0.4, -0.2) is 72.5 Å². The molecule has 48 heavy (non-hydrogen) atoms. The fraction of sp³-hybridized carbons (Fsp3) is 0.500. The van der Waals surface area contributed by atoms with Crippen LogP contribution in [0.5, 0.6) is 0 Å². The molecule has 0 spiro atoms. The summed E-state index contributed by atoms with van der Waals surface area (Å²) in [5.41, 5.74) is 8.47. The Hall–Kier alpha value is -4.45. The van der Waals surface area contributed by atoms with Crippen molar-refractivity contribution in [2.75, 3.05) is 25.6 Å². The summed E-state index contributed by atoms with van der Waals surface area (Å²) in [6.07, 6.45) is 1.77. The maximum atomic E-state index is 14.1. The van der Waals surface area contributed by atoms with Crippen molar-refractivity contribution in [3.63, 3.8) is 0 Å². The van der Waals surface area contributed by atoms with Crippen molar-refractivity contribution in [2.24, 2.45) is 23.5 Å². The first kappa shape index (κ1) is 34.9. The zero-order valence-electron chi connectivity index (χ0n) is 27.7. The second kappa shape index (κ2) is 15.6. The van der Waals surface area contributed by atoms with E-state index in [2.05, 4.69) is 15.0 Å². The predicted octanol–water partition coefficient (Wildman–Crippen LogP) is 5.91. The third-order valence-corrected chi connectivity index (χ3v) is 9.60. The van der Waals surface area contributed by atoms with Gasteiger partial charge in [-0.2, -0.15) is 0 Å². The first-order valence-electron chi connectivity index (χ1n) is 16.7. The van der Waals surface area contributed by atoms with Gasteiger partial charge >= 0.3 is 12.1 Å². The Kier molecular flexibility index (Phi) is 11.4. The number of carbonyl (C=O) groups is 4. The molecule has 1 saturated heterocycles. The molecule has 2 aliphatic rings. The van der Waals surface area contributed by atoms with Gasteiger partial charge in [-0.3, -0.25) is 14.0 Å². The molecule has 1 unspecified atom stereocenters. The molecule has 2 fully saturated rings. The fourth-order valence-electron chi connectivity index (χ4n) is 6.95. The summed E-state index contributed by atoms with van der Waals surface area (Å²) in [6, 6.07) is 15.7. The number of esters is 1. The van der Waals surface area contributed by atoms with Gasteiger partial charge in [0.25, 0.3) is 6.29 Å². The van der Waals surface area contributed by atoms with Gasteiger partial charge in [0, 0.05) is 46.9 Å². The number of aromatic amines is 1. The van der Waals surface area contributed by atoms with Crippen LogP contribution in [0, 0.1) is 17.8 Å². The molecular formula is C36H45FN4O7. The van der Waals surface area contributed by atoms with Crippen LogP contribution in [0.15, 0.2) is 54.6 Å². The van der Waals surface area contributed by atoms with Crippen LogP contribution in [0.25, 0.3) is 10.9 Å². The van der Waals surface area contributed by atoms with Crippen LogP contribution < -0.4 is 11.1 Å². The number of aromatic nitrogens is 1. The van der Waals surface area contributed by atoms with E-state index in [9.17, 15) is 23.6 Å². The number of H-pyrrole nitrogens is 1. The lowest BCUT2D eigenvalue weighted by Gasteiger charge is -2.35. The minimum atomic E-state index is -1.14. The lowest BCUT2D eigenvalue weighted by Crippen LogP contribution is -2.48. The van der Waals surface area contributed by atoms with Crippen molar-refractivity contribution in [2.45, 2.75) is 76.7 Å². The van der Waals surface area contributed by atoms with E-state index in [-0.39, 0.29) is 47.2 Å². The molecule has 4 atom stereocenters. The number of nitrogens with zero attached hydrogens (tertiary/aromatic N) is 1. The number of fused-ring (bicyclic) bond motifs is 1. The maximum Gasteiger partial charge on any atom is 0.511 e. The summed E-state index contributed by atoms with van der Waals surface area (Å²) >= 11 is 0. The van der Waals surface area contributed by atoms with Crippen molar-refractivity contribution in [1.82, 2.24) is 9.88 Å². The fourth-order valence-corrected chi connectivity index (χ4v) is 6.95. The van der Waals surface area contributed by atoms with E-state index < -0.39 is 31.1 Å². The SMILES string of the molecule is COC(=O)OC(OC(=O)c1cc2cc(NC(=O)[C@@H]3[C@@H](c4ccccc4)CCN3C(=O)[C@H]3CC[C@H]([C@H](N)CCF)CC3)ccc2[nH]1)C(C)C. The number of anilines is 1. The first-order valence-corrected chi connectivity index (χ1v) is 16.7. The van der Waals surface area contributed by atoms with E-state index in [1.807, 2.05) is 30.3 Å². The summed E-state index contributed by atoms with van der Waals surface area (Å²) in [5, 5.41) is 3.68. The number of benzene rings is 2. The van der Waals surface area contributed by atoms with Crippen molar-refractivity contribution in [1.29, 1.82) is 0 Å². The number of likely N-dealkylation sites (tertiary alicyclic amines) is 1. The van der Waals surface area contributed by atoms with Gasteiger partial charge in [-0.15, -0.1) is 0 Å². The third kappa shape index (κ3) is 7.98. The molecule has 0 radical (unpaired) electrons. The summed E-state index contributed by atoms with van der Waals surface area (Å²) in [4.78, 5) is 57.3. The summed E-state index contributed by atoms with van der Waals surface area (Å²) in [7, 11) is 1.17. The lowest BCUT2D eigenvalue weighted by molar-refractivity contribution is -0.141. The van der Waals surface area contributed by atoms with Crippen molar-refractivity contribution in [3.05, 3.63) is 65.9 Å². The van der Waals surface area contributed by atoms with Gasteiger partial charge in [0.15, 0.2) is 0 Å². The standard InChI is InChI=1S/C36H45FN4O7/c1-21(2)35(48-36(45)46-3)47-34(44)30-20-25-19-26(13-14-29(25)40-30)39-32(42)31-27(22-7-5-4-6-8-22)16-18-41(31)33(43)24-11-9-23(10-12-24)28(38)15-17-37/h4-8,13-14,19-21,23-24,27-28,31,35,40H,9-12,15-18,38H2,1-3H3,(H,39,42)/t23-,24-,27-,28-,31+,35?/m1/s1. The lowest BCUT2D eigenvalue weighted by atomic mass is 9.77. The summed E-state index contributed by atoms with van der Waals surface area (Å²) in [5.74, 6) is -1.52. The molecule has 11 nitrogen and oxygen atoms in total. The second-order valence-corrected chi connectivity index (χ2v) is 13.1. The molecule has 2 aromatic carbocycles. The molecule has 258 valence electrons. The average Bonchev–Trinajstić information content (AvgIpc) is 3.73. The van der Waals surface area contributed by atoms with Gasteiger partial charge in [-0.1, -0.05) is 44.2 Å². The quantitative estimate of drug-likeness (QED) is 0.169. The largest absolute Gasteiger partial charge is 0.511 e. The second-order valence-electron chi connectivity index (χ2n) is 13.1. The normalized spacial score (nSPS) is 22.2. The maximum absolute atomic E-state index is 14.1. The minimum absolute atomic E-state index is 0.0220. The Morgan fingerprint density at radius 1 is 1.00 bits per heavy atom. The number of nitrogens with two attached hydrogens (primary N) is 1. The highest BCUT2D eigenvalue weighted by Crippen LogP contribution is 2.38. The Labute approximate surface area is 279 Å². The molecule has 2 amide bonds. The number of alkyl halides is 1. The number of nitrogens with one attached hydrogen (secondary N) is 2. The highest BCUT2D eigenvalue weighted by molar-refractivity contribution is 6.01. The topological polar surface area (TPSA) is 153 Å².